The summed E-state index contributed by atoms with van der Waals surface area (Å²) in [6.45, 7) is 1.79. The molecule has 0 aliphatic heterocycles. The van der Waals surface area contributed by atoms with Crippen LogP contribution in [0.15, 0.2) is 57.9 Å². The molecule has 2 aromatic carbocycles. The first-order chi connectivity index (χ1) is 9.42. The van der Waals surface area contributed by atoms with Crippen LogP contribution in [0.25, 0.3) is 0 Å². The van der Waals surface area contributed by atoms with Gasteiger partial charge in [0.25, 0.3) is 0 Å². The molecule has 0 saturated heterocycles. The zero-order valence-corrected chi connectivity index (χ0v) is 13.8. The number of nitrogens with one attached hydrogen (secondary N) is 1. The van der Waals surface area contributed by atoms with Crippen LogP contribution in [0.5, 0.6) is 0 Å². The van der Waals surface area contributed by atoms with Gasteiger partial charge in [-0.1, -0.05) is 57.9 Å². The average Bonchev–Trinajstić information content (AvgIpc) is 2.38. The largest absolute Gasteiger partial charge is 0.242 e. The van der Waals surface area contributed by atoms with E-state index in [0.29, 0.717) is 0 Å². The van der Waals surface area contributed by atoms with Crippen molar-refractivity contribution in [3.8, 4) is 0 Å². The third-order valence-electron chi connectivity index (χ3n) is 2.83. The Morgan fingerprint density at radius 2 is 1.70 bits per heavy atom. The Hall–Kier alpha value is -0.880. The van der Waals surface area contributed by atoms with Gasteiger partial charge in [0.1, 0.15) is 4.90 Å². The Labute approximate surface area is 132 Å². The summed E-state index contributed by atoms with van der Waals surface area (Å²) >= 11 is 9.36. The van der Waals surface area contributed by atoms with Crippen LogP contribution < -0.4 is 4.72 Å². The molecule has 0 fully saturated rings. The molecule has 6 heteroatoms. The zero-order valence-electron chi connectivity index (χ0n) is 10.7. The third-order valence-corrected chi connectivity index (χ3v) is 5.59. The summed E-state index contributed by atoms with van der Waals surface area (Å²) in [6.07, 6.45) is 0. The highest BCUT2D eigenvalue weighted by molar-refractivity contribution is 9.10. The van der Waals surface area contributed by atoms with E-state index >= 15 is 0 Å². The molecule has 1 atom stereocenters. The average molecular weight is 375 g/mol. The van der Waals surface area contributed by atoms with E-state index in [1.54, 1.807) is 25.1 Å². The van der Waals surface area contributed by atoms with Crippen LogP contribution in [0, 0.1) is 0 Å². The summed E-state index contributed by atoms with van der Waals surface area (Å²) in [7, 11) is -3.66. The van der Waals surface area contributed by atoms with Gasteiger partial charge in [-0.2, -0.15) is 0 Å². The van der Waals surface area contributed by atoms with E-state index in [0.717, 1.165) is 10.0 Å². The van der Waals surface area contributed by atoms with Gasteiger partial charge >= 0.3 is 0 Å². The van der Waals surface area contributed by atoms with E-state index in [4.69, 9.17) is 11.6 Å². The van der Waals surface area contributed by atoms with Gasteiger partial charge in [-0.15, -0.1) is 0 Å². The van der Waals surface area contributed by atoms with Crippen LogP contribution in [0.4, 0.5) is 0 Å². The molecule has 0 heterocycles. The van der Waals surface area contributed by atoms with Crippen molar-refractivity contribution in [3.63, 3.8) is 0 Å². The lowest BCUT2D eigenvalue weighted by atomic mass is 10.1. The van der Waals surface area contributed by atoms with E-state index in [9.17, 15) is 8.42 Å². The molecule has 0 saturated carbocycles. The van der Waals surface area contributed by atoms with Crippen molar-refractivity contribution in [2.24, 2.45) is 0 Å². The van der Waals surface area contributed by atoms with Crippen LogP contribution in [0.2, 0.25) is 5.02 Å². The van der Waals surface area contributed by atoms with Crippen molar-refractivity contribution < 1.29 is 8.42 Å². The maximum atomic E-state index is 12.3. The predicted octanol–water partition coefficient (Wildman–Crippen LogP) is 4.14. The molecule has 2 aromatic rings. The quantitative estimate of drug-likeness (QED) is 0.874. The minimum atomic E-state index is -3.66. The molecule has 106 valence electrons. The van der Waals surface area contributed by atoms with Gasteiger partial charge in [-0.25, -0.2) is 13.1 Å². The summed E-state index contributed by atoms with van der Waals surface area (Å²) in [5.74, 6) is 0. The third kappa shape index (κ3) is 3.41. The summed E-state index contributed by atoms with van der Waals surface area (Å²) in [5.41, 5.74) is 0.864. The number of hydrogen-bond donors (Lipinski definition) is 1. The molecule has 0 aromatic heterocycles. The van der Waals surface area contributed by atoms with Crippen molar-refractivity contribution in [2.45, 2.75) is 17.9 Å². The van der Waals surface area contributed by atoms with E-state index < -0.39 is 10.0 Å². The lowest BCUT2D eigenvalue weighted by Gasteiger charge is -2.16. The Balaban J connectivity index is 2.30. The highest BCUT2D eigenvalue weighted by atomic mass is 79.9. The molecule has 1 N–H and O–H groups in total. The van der Waals surface area contributed by atoms with Gasteiger partial charge in [0, 0.05) is 10.5 Å². The number of sulfonamides is 1. The molecule has 0 radical (unpaired) electrons. The first-order valence-electron chi connectivity index (χ1n) is 5.93. The van der Waals surface area contributed by atoms with Crippen molar-refractivity contribution in [2.75, 3.05) is 0 Å². The Bertz CT molecular complexity index is 719. The van der Waals surface area contributed by atoms with E-state index in [1.807, 2.05) is 24.3 Å². The number of rotatable bonds is 4. The molecule has 3 nitrogen and oxygen atoms in total. The van der Waals surface area contributed by atoms with Crippen molar-refractivity contribution in [1.82, 2.24) is 4.72 Å². The predicted molar refractivity (Wildman–Crippen MR) is 84.3 cm³/mol. The monoisotopic (exact) mass is 373 g/mol. The van der Waals surface area contributed by atoms with Crippen LogP contribution in [0.1, 0.15) is 18.5 Å². The van der Waals surface area contributed by atoms with Gasteiger partial charge in [0.15, 0.2) is 0 Å². The van der Waals surface area contributed by atoms with Crippen LogP contribution >= 0.6 is 27.5 Å². The normalized spacial score (nSPS) is 13.2. The molecular formula is C14H13BrClNO2S. The number of benzene rings is 2. The zero-order chi connectivity index (χ0) is 14.8. The summed E-state index contributed by atoms with van der Waals surface area (Å²) in [6, 6.07) is 13.5. The second-order valence-corrected chi connectivity index (χ2v) is 7.24. The van der Waals surface area contributed by atoms with Crippen molar-refractivity contribution in [3.05, 3.63) is 63.6 Å². The fourth-order valence-corrected chi connectivity index (χ4v) is 4.22. The molecule has 0 unspecified atom stereocenters. The fourth-order valence-electron chi connectivity index (χ4n) is 1.85. The molecule has 0 amide bonds. The first kappa shape index (κ1) is 15.5. The summed E-state index contributed by atoms with van der Waals surface area (Å²) in [4.78, 5) is 0.0839. The van der Waals surface area contributed by atoms with Gasteiger partial charge in [-0.05, 0) is 30.7 Å². The van der Waals surface area contributed by atoms with E-state index in [2.05, 4.69) is 20.7 Å². The molecule has 0 spiro atoms. The lowest BCUT2D eigenvalue weighted by Crippen LogP contribution is -2.27. The van der Waals surface area contributed by atoms with Crippen LogP contribution in [-0.4, -0.2) is 8.42 Å². The van der Waals surface area contributed by atoms with E-state index in [-0.39, 0.29) is 16.0 Å². The minimum Gasteiger partial charge on any atom is -0.207 e. The van der Waals surface area contributed by atoms with Gasteiger partial charge in [0.2, 0.25) is 10.0 Å². The second-order valence-electron chi connectivity index (χ2n) is 4.29. The first-order valence-corrected chi connectivity index (χ1v) is 8.58. The SMILES string of the molecule is C[C@@H](NS(=O)(=O)c1ccccc1Cl)c1ccccc1Br. The Kier molecular flexibility index (Phi) is 4.86. The highest BCUT2D eigenvalue weighted by Gasteiger charge is 2.21. The van der Waals surface area contributed by atoms with Crippen LogP contribution in [0.3, 0.4) is 0 Å². The van der Waals surface area contributed by atoms with Crippen molar-refractivity contribution >= 4 is 37.6 Å². The smallest absolute Gasteiger partial charge is 0.207 e. The standard InChI is InChI=1S/C14H13BrClNO2S/c1-10(11-6-2-3-7-12(11)15)17-20(18,19)14-9-5-4-8-13(14)16/h2-10,17H,1H3/t10-/m1/s1. The summed E-state index contributed by atoms with van der Waals surface area (Å²) < 4.78 is 28.2. The number of hydrogen-bond acceptors (Lipinski definition) is 2. The maximum Gasteiger partial charge on any atom is 0.242 e. The second kappa shape index (κ2) is 6.26. The van der Waals surface area contributed by atoms with Gasteiger partial charge in [0.05, 0.1) is 5.02 Å². The molecule has 0 bridgehead atoms. The van der Waals surface area contributed by atoms with Gasteiger partial charge < -0.3 is 0 Å². The van der Waals surface area contributed by atoms with Crippen LogP contribution in [-0.2, 0) is 10.0 Å². The summed E-state index contributed by atoms with van der Waals surface area (Å²) in [5, 5.41) is 0.208. The molecular weight excluding hydrogens is 362 g/mol. The topological polar surface area (TPSA) is 46.2 Å². The highest BCUT2D eigenvalue weighted by Crippen LogP contribution is 2.26. The van der Waals surface area contributed by atoms with E-state index in [1.165, 1.54) is 6.07 Å². The molecule has 2 rings (SSSR count). The molecule has 0 aliphatic carbocycles. The Morgan fingerprint density at radius 3 is 2.35 bits per heavy atom. The molecule has 0 aliphatic rings. The van der Waals surface area contributed by atoms with Gasteiger partial charge in [-0.3, -0.25) is 0 Å². The lowest BCUT2D eigenvalue weighted by molar-refractivity contribution is 0.566. The minimum absolute atomic E-state index is 0.0839. The number of halogens is 2. The van der Waals surface area contributed by atoms with Crippen molar-refractivity contribution in [1.29, 1.82) is 0 Å². The Morgan fingerprint density at radius 1 is 1.10 bits per heavy atom. The maximum absolute atomic E-state index is 12.3. The fraction of sp³-hybridized carbons (Fsp3) is 0.143. The molecule has 20 heavy (non-hydrogen) atoms.